The second-order valence-electron chi connectivity index (χ2n) is 7.13. The average molecular weight is 361 g/mol. The summed E-state index contributed by atoms with van der Waals surface area (Å²) in [6.45, 7) is 0.424. The number of imidazole rings is 1. The van der Waals surface area contributed by atoms with E-state index in [1.165, 1.54) is 12.8 Å². The lowest BCUT2D eigenvalue weighted by Crippen LogP contribution is -2.14. The molecule has 5 rings (SSSR count). The Labute approximate surface area is 155 Å². The third-order valence-electron chi connectivity index (χ3n) is 5.49. The molecular weight excluding hydrogens is 342 g/mol. The first-order chi connectivity index (χ1) is 13.2. The highest BCUT2D eigenvalue weighted by Crippen LogP contribution is 2.31. The Morgan fingerprint density at radius 1 is 1.22 bits per heavy atom. The molecule has 2 aliphatic rings. The minimum atomic E-state index is -0.257. The van der Waals surface area contributed by atoms with E-state index in [0.717, 1.165) is 29.6 Å². The number of hydrogen-bond acceptors (Lipinski definition) is 4. The minimum Gasteiger partial charge on any atom is -0.348 e. The highest BCUT2D eigenvalue weighted by molar-refractivity contribution is 6.07. The van der Waals surface area contributed by atoms with Crippen LogP contribution in [0.2, 0.25) is 0 Å². The number of fused-ring (bicyclic) bond motifs is 2. The van der Waals surface area contributed by atoms with Crippen LogP contribution in [-0.2, 0) is 6.54 Å². The zero-order chi connectivity index (χ0) is 18.4. The van der Waals surface area contributed by atoms with Gasteiger partial charge in [-0.3, -0.25) is 9.59 Å². The van der Waals surface area contributed by atoms with Crippen LogP contribution >= 0.6 is 0 Å². The molecule has 2 aromatic heterocycles. The summed E-state index contributed by atoms with van der Waals surface area (Å²) in [5.41, 5.74) is 4.08. The molecule has 0 spiro atoms. The lowest BCUT2D eigenvalue weighted by Gasteiger charge is -2.12. The summed E-state index contributed by atoms with van der Waals surface area (Å²) in [6, 6.07) is 7.56. The van der Waals surface area contributed by atoms with Gasteiger partial charge in [-0.05, 0) is 31.0 Å². The maximum absolute atomic E-state index is 12.7. The van der Waals surface area contributed by atoms with Gasteiger partial charge in [-0.1, -0.05) is 18.9 Å². The van der Waals surface area contributed by atoms with Gasteiger partial charge in [-0.2, -0.15) is 0 Å². The van der Waals surface area contributed by atoms with E-state index in [2.05, 4.69) is 25.2 Å². The van der Waals surface area contributed by atoms with Crippen LogP contribution in [0.15, 0.2) is 36.8 Å². The summed E-state index contributed by atoms with van der Waals surface area (Å²) in [4.78, 5) is 33.5. The zero-order valence-corrected chi connectivity index (χ0v) is 14.7. The van der Waals surface area contributed by atoms with Gasteiger partial charge in [-0.15, -0.1) is 0 Å². The molecule has 3 aromatic rings. The van der Waals surface area contributed by atoms with Crippen molar-refractivity contribution >= 4 is 28.7 Å². The lowest BCUT2D eigenvalue weighted by atomic mass is 10.1. The fourth-order valence-corrected chi connectivity index (χ4v) is 4.06. The average Bonchev–Trinajstić information content (AvgIpc) is 3.41. The van der Waals surface area contributed by atoms with Crippen LogP contribution in [0.5, 0.6) is 0 Å². The summed E-state index contributed by atoms with van der Waals surface area (Å²) >= 11 is 0. The molecule has 136 valence electrons. The van der Waals surface area contributed by atoms with E-state index in [1.807, 2.05) is 6.33 Å². The highest BCUT2D eigenvalue weighted by Gasteiger charge is 2.23. The molecule has 0 atom stereocenters. The fraction of sp³-hybridized carbons (Fsp3) is 0.300. The maximum Gasteiger partial charge on any atom is 0.257 e. The molecule has 2 N–H and O–H groups in total. The predicted molar refractivity (Wildman–Crippen MR) is 101 cm³/mol. The van der Waals surface area contributed by atoms with E-state index in [0.29, 0.717) is 29.4 Å². The fourth-order valence-electron chi connectivity index (χ4n) is 4.06. The monoisotopic (exact) mass is 361 g/mol. The summed E-state index contributed by atoms with van der Waals surface area (Å²) in [7, 11) is 0. The third kappa shape index (κ3) is 2.66. The number of nitrogens with one attached hydrogen (secondary N) is 2. The largest absolute Gasteiger partial charge is 0.348 e. The number of nitrogens with zero attached hydrogens (tertiary/aromatic N) is 3. The van der Waals surface area contributed by atoms with E-state index in [9.17, 15) is 9.59 Å². The highest BCUT2D eigenvalue weighted by atomic mass is 16.2. The summed E-state index contributed by atoms with van der Waals surface area (Å²) in [5, 5.41) is 5.68. The van der Waals surface area contributed by atoms with E-state index in [4.69, 9.17) is 0 Å². The van der Waals surface area contributed by atoms with Gasteiger partial charge in [0.15, 0.2) is 5.65 Å². The van der Waals surface area contributed by atoms with Crippen LogP contribution in [0.25, 0.3) is 11.2 Å². The summed E-state index contributed by atoms with van der Waals surface area (Å²) in [6.07, 6.45) is 8.21. The second kappa shape index (κ2) is 6.19. The van der Waals surface area contributed by atoms with E-state index in [-0.39, 0.29) is 11.8 Å². The first-order valence-electron chi connectivity index (χ1n) is 9.25. The van der Waals surface area contributed by atoms with Crippen molar-refractivity contribution < 1.29 is 9.59 Å². The lowest BCUT2D eigenvalue weighted by molar-refractivity contribution is 0.0964. The van der Waals surface area contributed by atoms with Crippen LogP contribution in [0.4, 0.5) is 5.69 Å². The maximum atomic E-state index is 12.7. The van der Waals surface area contributed by atoms with Crippen LogP contribution < -0.4 is 10.6 Å². The molecule has 0 saturated heterocycles. The van der Waals surface area contributed by atoms with Crippen LogP contribution in [0.1, 0.15) is 58.0 Å². The van der Waals surface area contributed by atoms with E-state index < -0.39 is 0 Å². The Balaban J connectivity index is 1.42. The molecule has 1 aliphatic heterocycles. The Morgan fingerprint density at radius 3 is 2.93 bits per heavy atom. The van der Waals surface area contributed by atoms with Crippen molar-refractivity contribution in [2.24, 2.45) is 0 Å². The van der Waals surface area contributed by atoms with Gasteiger partial charge in [0.1, 0.15) is 5.52 Å². The number of carbonyl (C=O) groups excluding carboxylic acids is 2. The minimum absolute atomic E-state index is 0.110. The van der Waals surface area contributed by atoms with Gasteiger partial charge in [0.25, 0.3) is 11.8 Å². The van der Waals surface area contributed by atoms with Crippen molar-refractivity contribution in [1.29, 1.82) is 0 Å². The molecule has 7 heteroatoms. The standard InChI is InChI=1S/C20H19N5O2/c26-19(24-16-7-3-6-14-15(16)10-22-20(14)27)12-8-17-18(21-9-12)25(11-23-17)13-4-1-2-5-13/h3,6-9,11,13H,1-2,4-5,10H2,(H,22,27)(H,24,26). The quantitative estimate of drug-likeness (QED) is 0.750. The number of pyridine rings is 1. The second-order valence-corrected chi connectivity index (χ2v) is 7.13. The molecule has 1 fully saturated rings. The Hall–Kier alpha value is -3.22. The van der Waals surface area contributed by atoms with Crippen molar-refractivity contribution in [2.45, 2.75) is 38.3 Å². The predicted octanol–water partition coefficient (Wildman–Crippen LogP) is 3.04. The number of anilines is 1. The van der Waals surface area contributed by atoms with Gasteiger partial charge in [-0.25, -0.2) is 9.97 Å². The molecule has 0 radical (unpaired) electrons. The normalized spacial score (nSPS) is 16.5. The summed E-state index contributed by atoms with van der Waals surface area (Å²) < 4.78 is 2.13. The molecule has 1 saturated carbocycles. The van der Waals surface area contributed by atoms with Crippen LogP contribution in [0.3, 0.4) is 0 Å². The van der Waals surface area contributed by atoms with E-state index >= 15 is 0 Å². The SMILES string of the molecule is O=C(Nc1cccc2c1CNC2=O)c1cnc2c(c1)ncn2C1CCCC1. The van der Waals surface area contributed by atoms with Crippen molar-refractivity contribution in [1.82, 2.24) is 19.9 Å². The Bertz CT molecular complexity index is 1070. The molecule has 0 bridgehead atoms. The zero-order valence-electron chi connectivity index (χ0n) is 14.7. The molecule has 3 heterocycles. The number of amides is 2. The van der Waals surface area contributed by atoms with Gasteiger partial charge in [0.05, 0.1) is 11.9 Å². The van der Waals surface area contributed by atoms with Gasteiger partial charge < -0.3 is 15.2 Å². The molecule has 2 amide bonds. The number of aromatic nitrogens is 3. The molecule has 7 nitrogen and oxygen atoms in total. The molecule has 0 unspecified atom stereocenters. The Morgan fingerprint density at radius 2 is 2.07 bits per heavy atom. The smallest absolute Gasteiger partial charge is 0.257 e. The molecule has 1 aliphatic carbocycles. The van der Waals surface area contributed by atoms with E-state index in [1.54, 1.807) is 30.5 Å². The van der Waals surface area contributed by atoms with Gasteiger partial charge in [0.2, 0.25) is 0 Å². The van der Waals surface area contributed by atoms with Crippen molar-refractivity contribution in [3.8, 4) is 0 Å². The Kier molecular flexibility index (Phi) is 3.67. The molecule has 27 heavy (non-hydrogen) atoms. The van der Waals surface area contributed by atoms with Crippen molar-refractivity contribution in [3.63, 3.8) is 0 Å². The van der Waals surface area contributed by atoms with Gasteiger partial charge in [0, 0.05) is 35.6 Å². The number of carbonyl (C=O) groups is 2. The number of benzene rings is 1. The summed E-state index contributed by atoms with van der Waals surface area (Å²) in [5.74, 6) is -0.366. The topological polar surface area (TPSA) is 88.9 Å². The number of rotatable bonds is 3. The van der Waals surface area contributed by atoms with Crippen LogP contribution in [-0.4, -0.2) is 26.3 Å². The van der Waals surface area contributed by atoms with Crippen molar-refractivity contribution in [2.75, 3.05) is 5.32 Å². The van der Waals surface area contributed by atoms with Gasteiger partial charge >= 0.3 is 0 Å². The first kappa shape index (κ1) is 16.0. The third-order valence-corrected chi connectivity index (χ3v) is 5.49. The van der Waals surface area contributed by atoms with Crippen LogP contribution in [0, 0.1) is 0 Å². The van der Waals surface area contributed by atoms with Crippen molar-refractivity contribution in [3.05, 3.63) is 53.5 Å². The first-order valence-corrected chi connectivity index (χ1v) is 9.25. The number of hydrogen-bond donors (Lipinski definition) is 2. The molecule has 1 aromatic carbocycles. The molecular formula is C20H19N5O2.